The Morgan fingerprint density at radius 1 is 1.42 bits per heavy atom. The molecular formula is C12H8ClIN2O3. The Hall–Kier alpha value is -1.41. The van der Waals surface area contributed by atoms with Crippen LogP contribution in [0.15, 0.2) is 29.1 Å². The van der Waals surface area contributed by atoms with E-state index in [9.17, 15) is 9.59 Å². The third-order valence-corrected chi connectivity index (χ3v) is 3.55. The lowest BCUT2D eigenvalue weighted by atomic mass is 10.3. The van der Waals surface area contributed by atoms with Crippen LogP contribution in [-0.4, -0.2) is 20.9 Å². The van der Waals surface area contributed by atoms with E-state index in [1.54, 1.807) is 25.1 Å². The number of benzene rings is 1. The minimum atomic E-state index is -1.34. The zero-order valence-electron chi connectivity index (χ0n) is 9.72. The van der Waals surface area contributed by atoms with Crippen molar-refractivity contribution in [3.63, 3.8) is 0 Å². The van der Waals surface area contributed by atoms with Gasteiger partial charge in [-0.15, -0.1) is 0 Å². The molecule has 0 unspecified atom stereocenters. The predicted molar refractivity (Wildman–Crippen MR) is 79.3 cm³/mol. The predicted octanol–water partition coefficient (Wildman–Crippen LogP) is 2.50. The van der Waals surface area contributed by atoms with E-state index in [1.807, 2.05) is 0 Å². The third kappa shape index (κ3) is 2.79. The Morgan fingerprint density at radius 2 is 2.11 bits per heavy atom. The number of hydrogen-bond acceptors (Lipinski definition) is 3. The Morgan fingerprint density at radius 3 is 2.68 bits per heavy atom. The van der Waals surface area contributed by atoms with Crippen LogP contribution in [0.4, 0.5) is 0 Å². The quantitative estimate of drug-likeness (QED) is 0.800. The van der Waals surface area contributed by atoms with Crippen LogP contribution in [0.3, 0.4) is 0 Å². The molecule has 0 aliphatic heterocycles. The Kier molecular flexibility index (Phi) is 3.91. The highest BCUT2D eigenvalue weighted by molar-refractivity contribution is 14.1. The molecule has 1 aromatic carbocycles. The number of carboxylic acids is 1. The standard InChI is InChI=1S/C12H8ClIN2O3/c1-6-4-10(17)11(12(18)19)15-16(6)9-3-2-7(13)5-8(9)14/h2-5H,1H3,(H,18,19). The fraction of sp³-hybridized carbons (Fsp3) is 0.0833. The summed E-state index contributed by atoms with van der Waals surface area (Å²) in [7, 11) is 0. The van der Waals surface area contributed by atoms with Crippen LogP contribution in [0.25, 0.3) is 5.69 Å². The van der Waals surface area contributed by atoms with Crippen LogP contribution in [0, 0.1) is 10.5 Å². The van der Waals surface area contributed by atoms with Gasteiger partial charge in [0.25, 0.3) is 0 Å². The van der Waals surface area contributed by atoms with Crippen molar-refractivity contribution in [1.29, 1.82) is 0 Å². The number of halogens is 2. The first-order chi connectivity index (χ1) is 8.90. The summed E-state index contributed by atoms with van der Waals surface area (Å²) >= 11 is 7.95. The highest BCUT2D eigenvalue weighted by Crippen LogP contribution is 2.21. The topological polar surface area (TPSA) is 72.2 Å². The second kappa shape index (κ2) is 5.30. The van der Waals surface area contributed by atoms with Gasteiger partial charge < -0.3 is 5.11 Å². The molecule has 0 amide bonds. The first-order valence-corrected chi connectivity index (χ1v) is 6.65. The Balaban J connectivity index is 2.71. The van der Waals surface area contributed by atoms with E-state index < -0.39 is 17.1 Å². The molecule has 0 aliphatic rings. The summed E-state index contributed by atoms with van der Waals surface area (Å²) in [5.41, 5.74) is 0.113. The number of aromatic nitrogens is 2. The second-order valence-corrected chi connectivity index (χ2v) is 5.41. The molecule has 2 rings (SSSR count). The van der Waals surface area contributed by atoms with Gasteiger partial charge >= 0.3 is 5.97 Å². The van der Waals surface area contributed by atoms with Crippen LogP contribution in [0.5, 0.6) is 0 Å². The molecule has 0 spiro atoms. The fourth-order valence-electron chi connectivity index (χ4n) is 1.59. The van der Waals surface area contributed by atoms with Gasteiger partial charge in [0.1, 0.15) is 0 Å². The molecule has 0 fully saturated rings. The Bertz CT molecular complexity index is 727. The molecule has 0 aliphatic carbocycles. The molecule has 0 saturated heterocycles. The molecule has 0 bridgehead atoms. The number of hydrogen-bond donors (Lipinski definition) is 1. The van der Waals surface area contributed by atoms with Gasteiger partial charge in [-0.1, -0.05) is 11.6 Å². The number of carboxylic acid groups (broad SMARTS) is 1. The maximum atomic E-state index is 11.5. The number of aryl methyl sites for hydroxylation is 1. The van der Waals surface area contributed by atoms with Gasteiger partial charge in [-0.05, 0) is 47.7 Å². The van der Waals surface area contributed by atoms with Crippen molar-refractivity contribution in [1.82, 2.24) is 9.78 Å². The maximum absolute atomic E-state index is 11.5. The minimum Gasteiger partial charge on any atom is -0.476 e. The summed E-state index contributed by atoms with van der Waals surface area (Å²) < 4.78 is 2.23. The molecular weight excluding hydrogens is 382 g/mol. The highest BCUT2D eigenvalue weighted by atomic mass is 127. The molecule has 2 aromatic rings. The van der Waals surface area contributed by atoms with Crippen LogP contribution >= 0.6 is 34.2 Å². The van der Waals surface area contributed by atoms with Gasteiger partial charge in [0.05, 0.1) is 5.69 Å². The molecule has 19 heavy (non-hydrogen) atoms. The average molecular weight is 391 g/mol. The lowest BCUT2D eigenvalue weighted by Gasteiger charge is -2.11. The molecule has 1 aromatic heterocycles. The summed E-state index contributed by atoms with van der Waals surface area (Å²) in [5, 5.41) is 13.4. The van der Waals surface area contributed by atoms with E-state index in [2.05, 4.69) is 27.7 Å². The summed E-state index contributed by atoms with van der Waals surface area (Å²) in [6, 6.07) is 6.39. The lowest BCUT2D eigenvalue weighted by molar-refractivity contribution is 0.0686. The monoisotopic (exact) mass is 390 g/mol. The van der Waals surface area contributed by atoms with E-state index in [1.165, 1.54) is 10.7 Å². The van der Waals surface area contributed by atoms with Crippen LogP contribution in [0.1, 0.15) is 16.2 Å². The van der Waals surface area contributed by atoms with E-state index in [0.717, 1.165) is 3.57 Å². The highest BCUT2D eigenvalue weighted by Gasteiger charge is 2.14. The van der Waals surface area contributed by atoms with E-state index in [-0.39, 0.29) is 0 Å². The van der Waals surface area contributed by atoms with Gasteiger partial charge in [-0.25, -0.2) is 9.48 Å². The van der Waals surface area contributed by atoms with E-state index in [4.69, 9.17) is 16.7 Å². The molecule has 0 saturated carbocycles. The zero-order chi connectivity index (χ0) is 14.2. The van der Waals surface area contributed by atoms with Crippen molar-refractivity contribution < 1.29 is 9.90 Å². The summed E-state index contributed by atoms with van der Waals surface area (Å²) in [4.78, 5) is 22.5. The van der Waals surface area contributed by atoms with Crippen LogP contribution in [0.2, 0.25) is 5.02 Å². The molecule has 5 nitrogen and oxygen atoms in total. The van der Waals surface area contributed by atoms with Gasteiger partial charge in [0.2, 0.25) is 11.1 Å². The van der Waals surface area contributed by atoms with Crippen LogP contribution < -0.4 is 5.43 Å². The molecule has 1 heterocycles. The summed E-state index contributed by atoms with van der Waals surface area (Å²) in [6.07, 6.45) is 0. The fourth-order valence-corrected chi connectivity index (χ4v) is 2.69. The van der Waals surface area contributed by atoms with E-state index in [0.29, 0.717) is 16.4 Å². The molecule has 1 N–H and O–H groups in total. The summed E-state index contributed by atoms with van der Waals surface area (Å²) in [5.74, 6) is -1.34. The van der Waals surface area contributed by atoms with Gasteiger partial charge in [-0.2, -0.15) is 5.10 Å². The zero-order valence-corrected chi connectivity index (χ0v) is 12.6. The number of rotatable bonds is 2. The lowest BCUT2D eigenvalue weighted by Crippen LogP contribution is -2.22. The van der Waals surface area contributed by atoms with Crippen molar-refractivity contribution in [2.45, 2.75) is 6.92 Å². The van der Waals surface area contributed by atoms with Crippen molar-refractivity contribution in [3.8, 4) is 5.69 Å². The van der Waals surface area contributed by atoms with E-state index >= 15 is 0 Å². The number of nitrogens with zero attached hydrogens (tertiary/aromatic N) is 2. The number of aromatic carboxylic acids is 1. The first kappa shape index (κ1) is 14.0. The minimum absolute atomic E-state index is 0.503. The normalized spacial score (nSPS) is 10.5. The van der Waals surface area contributed by atoms with Crippen molar-refractivity contribution in [2.24, 2.45) is 0 Å². The first-order valence-electron chi connectivity index (χ1n) is 5.20. The summed E-state index contributed by atoms with van der Waals surface area (Å²) in [6.45, 7) is 1.69. The average Bonchev–Trinajstić information content (AvgIpc) is 2.30. The van der Waals surface area contributed by atoms with Crippen LogP contribution in [-0.2, 0) is 0 Å². The molecule has 7 heteroatoms. The second-order valence-electron chi connectivity index (χ2n) is 3.81. The number of carbonyl (C=O) groups is 1. The van der Waals surface area contributed by atoms with Crippen molar-refractivity contribution in [3.05, 3.63) is 54.5 Å². The SMILES string of the molecule is Cc1cc(=O)c(C(=O)O)nn1-c1ccc(Cl)cc1I. The van der Waals surface area contributed by atoms with Gasteiger partial charge in [-0.3, -0.25) is 4.79 Å². The largest absolute Gasteiger partial charge is 0.476 e. The smallest absolute Gasteiger partial charge is 0.360 e. The maximum Gasteiger partial charge on any atom is 0.360 e. The molecule has 98 valence electrons. The van der Waals surface area contributed by atoms with Crippen molar-refractivity contribution in [2.75, 3.05) is 0 Å². The Labute approximate surface area is 127 Å². The molecule has 0 atom stereocenters. The molecule has 0 radical (unpaired) electrons. The van der Waals surface area contributed by atoms with Gasteiger partial charge in [0.15, 0.2) is 0 Å². The third-order valence-electron chi connectivity index (χ3n) is 2.45. The van der Waals surface area contributed by atoms with Crippen molar-refractivity contribution >= 4 is 40.2 Å². The van der Waals surface area contributed by atoms with Gasteiger partial charge in [0, 0.05) is 20.4 Å².